The summed E-state index contributed by atoms with van der Waals surface area (Å²) in [6.07, 6.45) is 3.38. The van der Waals surface area contributed by atoms with E-state index in [-0.39, 0.29) is 16.2 Å². The fourth-order valence-corrected chi connectivity index (χ4v) is 3.51. The van der Waals surface area contributed by atoms with Gasteiger partial charge in [-0.1, -0.05) is 6.92 Å². The lowest BCUT2D eigenvalue weighted by atomic mass is 10.1. The number of aryl methyl sites for hydroxylation is 1. The molecule has 6 nitrogen and oxygen atoms in total. The highest BCUT2D eigenvalue weighted by atomic mass is 32.2. The minimum atomic E-state index is -3.57. The first-order chi connectivity index (χ1) is 13.1. The predicted octanol–water partition coefficient (Wildman–Crippen LogP) is 3.60. The molecule has 1 aromatic heterocycles. The summed E-state index contributed by atoms with van der Waals surface area (Å²) in [4.78, 5) is 12.3. The second kappa shape index (κ2) is 8.40. The molecular weight excluding hydrogens is 381 g/mol. The number of sulfone groups is 1. The summed E-state index contributed by atoms with van der Waals surface area (Å²) in [5.74, 6) is -1.61. The molecule has 0 aliphatic heterocycles. The smallest absolute Gasteiger partial charge is 0.266 e. The number of rotatable bonds is 6. The van der Waals surface area contributed by atoms with E-state index in [1.54, 1.807) is 0 Å². The molecule has 1 amide bonds. The van der Waals surface area contributed by atoms with E-state index in [9.17, 15) is 22.9 Å². The van der Waals surface area contributed by atoms with Crippen molar-refractivity contribution < 1.29 is 17.6 Å². The van der Waals surface area contributed by atoms with Crippen molar-refractivity contribution in [3.8, 4) is 6.07 Å². The van der Waals surface area contributed by atoms with E-state index < -0.39 is 21.6 Å². The van der Waals surface area contributed by atoms with Crippen LogP contribution in [0.3, 0.4) is 0 Å². The minimum absolute atomic E-state index is 0.130. The topological polar surface area (TPSA) is 92.0 Å². The molecule has 0 saturated heterocycles. The Morgan fingerprint density at radius 2 is 2.00 bits per heavy atom. The summed E-state index contributed by atoms with van der Waals surface area (Å²) in [6, 6.07) is 6.80. The number of benzene rings is 1. The molecular formula is C20H22FN3O3S. The van der Waals surface area contributed by atoms with Crippen LogP contribution in [0.25, 0.3) is 6.08 Å². The fraction of sp³-hybridized carbons (Fsp3) is 0.300. The highest BCUT2D eigenvalue weighted by Crippen LogP contribution is 2.22. The molecule has 0 saturated carbocycles. The number of nitriles is 1. The third-order valence-corrected chi connectivity index (χ3v) is 5.45. The molecule has 0 radical (unpaired) electrons. The van der Waals surface area contributed by atoms with Crippen LogP contribution in [0.2, 0.25) is 0 Å². The van der Waals surface area contributed by atoms with Crippen LogP contribution in [0.15, 0.2) is 34.7 Å². The van der Waals surface area contributed by atoms with Gasteiger partial charge >= 0.3 is 0 Å². The zero-order valence-corrected chi connectivity index (χ0v) is 17.0. The highest BCUT2D eigenvalue weighted by Gasteiger charge is 2.16. The van der Waals surface area contributed by atoms with Crippen LogP contribution in [0.5, 0.6) is 0 Å². The summed E-state index contributed by atoms with van der Waals surface area (Å²) in [7, 11) is -3.57. The number of hydrogen-bond donors (Lipinski definition) is 1. The largest absolute Gasteiger partial charge is 0.349 e. The first-order valence-electron chi connectivity index (χ1n) is 8.68. The average molecular weight is 403 g/mol. The second-order valence-corrected chi connectivity index (χ2v) is 8.53. The van der Waals surface area contributed by atoms with Gasteiger partial charge in [-0.2, -0.15) is 5.26 Å². The van der Waals surface area contributed by atoms with Crippen molar-refractivity contribution >= 4 is 27.5 Å². The lowest BCUT2D eigenvalue weighted by molar-refractivity contribution is -0.112. The zero-order chi connectivity index (χ0) is 21.1. The monoisotopic (exact) mass is 403 g/mol. The molecule has 0 aliphatic carbocycles. The summed E-state index contributed by atoms with van der Waals surface area (Å²) in [5.41, 5.74) is 2.15. The van der Waals surface area contributed by atoms with Gasteiger partial charge in [-0.3, -0.25) is 4.79 Å². The van der Waals surface area contributed by atoms with Crippen LogP contribution in [0.1, 0.15) is 30.3 Å². The number of anilines is 1. The van der Waals surface area contributed by atoms with Crippen LogP contribution in [0.4, 0.5) is 10.1 Å². The van der Waals surface area contributed by atoms with E-state index in [0.717, 1.165) is 54.4 Å². The highest BCUT2D eigenvalue weighted by molar-refractivity contribution is 7.90. The van der Waals surface area contributed by atoms with Crippen molar-refractivity contribution in [3.05, 3.63) is 52.6 Å². The Labute approximate surface area is 164 Å². The van der Waals surface area contributed by atoms with Crippen molar-refractivity contribution in [3.63, 3.8) is 0 Å². The molecule has 0 aliphatic rings. The lowest BCUT2D eigenvalue weighted by Gasteiger charge is -2.08. The Morgan fingerprint density at radius 3 is 2.57 bits per heavy atom. The van der Waals surface area contributed by atoms with Gasteiger partial charge in [0.15, 0.2) is 9.84 Å². The Hall–Kier alpha value is -2.92. The van der Waals surface area contributed by atoms with E-state index in [0.29, 0.717) is 0 Å². The number of carbonyl (C=O) groups is 1. The van der Waals surface area contributed by atoms with Gasteiger partial charge in [0, 0.05) is 24.2 Å². The maximum absolute atomic E-state index is 14.0. The van der Waals surface area contributed by atoms with E-state index >= 15 is 0 Å². The molecule has 28 heavy (non-hydrogen) atoms. The molecule has 0 fully saturated rings. The number of halogens is 1. The quantitative estimate of drug-likeness (QED) is 0.453. The van der Waals surface area contributed by atoms with Gasteiger partial charge in [0.05, 0.1) is 10.6 Å². The number of nitrogens with one attached hydrogen (secondary N) is 1. The summed E-state index contributed by atoms with van der Waals surface area (Å²) >= 11 is 0. The van der Waals surface area contributed by atoms with Gasteiger partial charge in [0.1, 0.15) is 17.5 Å². The van der Waals surface area contributed by atoms with Crippen molar-refractivity contribution in [1.82, 2.24) is 4.57 Å². The van der Waals surface area contributed by atoms with Crippen molar-refractivity contribution in [2.24, 2.45) is 0 Å². The zero-order valence-electron chi connectivity index (χ0n) is 16.2. The van der Waals surface area contributed by atoms with Gasteiger partial charge in [0.2, 0.25) is 0 Å². The van der Waals surface area contributed by atoms with Crippen molar-refractivity contribution in [1.29, 1.82) is 5.26 Å². The van der Waals surface area contributed by atoms with Crippen LogP contribution in [-0.4, -0.2) is 25.1 Å². The van der Waals surface area contributed by atoms with Gasteiger partial charge in [-0.25, -0.2) is 12.8 Å². The normalized spacial score (nSPS) is 11.9. The molecule has 2 rings (SSSR count). The van der Waals surface area contributed by atoms with Crippen LogP contribution in [-0.2, 0) is 21.2 Å². The molecule has 2 aromatic rings. The van der Waals surface area contributed by atoms with Gasteiger partial charge in [-0.05, 0) is 56.2 Å². The van der Waals surface area contributed by atoms with Gasteiger partial charge in [0.25, 0.3) is 5.91 Å². The maximum Gasteiger partial charge on any atom is 0.266 e. The molecule has 1 heterocycles. The second-order valence-electron chi connectivity index (χ2n) is 6.52. The Bertz CT molecular complexity index is 1090. The molecule has 0 spiro atoms. The van der Waals surface area contributed by atoms with Crippen molar-refractivity contribution in [2.45, 2.75) is 38.6 Å². The number of aromatic nitrogens is 1. The first-order valence-corrected chi connectivity index (χ1v) is 10.6. The standard InChI is InChI=1S/C20H22FN3O3S/c1-5-8-24-13(2)9-15(14(24)3)10-16(12-22)20(25)23-19-11-17(28(4,26)27)6-7-18(19)21/h6-7,9-11H,5,8H2,1-4H3,(H,23,25)/b16-10+. The van der Waals surface area contributed by atoms with E-state index in [1.807, 2.05) is 26.0 Å². The third kappa shape index (κ3) is 4.67. The first kappa shape index (κ1) is 21.4. The van der Waals surface area contributed by atoms with Crippen LogP contribution < -0.4 is 5.32 Å². The average Bonchev–Trinajstić information content (AvgIpc) is 2.88. The fourth-order valence-electron chi connectivity index (χ4n) is 2.87. The SMILES string of the molecule is CCCn1c(C)cc(/C=C(\C#N)C(=O)Nc2cc(S(C)(=O)=O)ccc2F)c1C. The summed E-state index contributed by atoms with van der Waals surface area (Å²) in [5, 5.41) is 11.7. The Balaban J connectivity index is 2.37. The predicted molar refractivity (Wildman–Crippen MR) is 106 cm³/mol. The summed E-state index contributed by atoms with van der Waals surface area (Å²) in [6.45, 7) is 6.72. The number of hydrogen-bond acceptors (Lipinski definition) is 4. The Morgan fingerprint density at radius 1 is 1.32 bits per heavy atom. The molecule has 148 valence electrons. The van der Waals surface area contributed by atoms with E-state index in [2.05, 4.69) is 16.8 Å². The molecule has 8 heteroatoms. The van der Waals surface area contributed by atoms with Crippen LogP contribution in [0, 0.1) is 31.0 Å². The maximum atomic E-state index is 14.0. The third-order valence-electron chi connectivity index (χ3n) is 4.34. The minimum Gasteiger partial charge on any atom is -0.349 e. The number of nitrogens with zero attached hydrogens (tertiary/aromatic N) is 2. The van der Waals surface area contributed by atoms with Gasteiger partial charge in [-0.15, -0.1) is 0 Å². The van der Waals surface area contributed by atoms with Crippen molar-refractivity contribution in [2.75, 3.05) is 11.6 Å². The summed E-state index contributed by atoms with van der Waals surface area (Å²) < 4.78 is 39.4. The molecule has 1 aromatic carbocycles. The molecule has 1 N–H and O–H groups in total. The van der Waals surface area contributed by atoms with E-state index in [1.165, 1.54) is 6.08 Å². The van der Waals surface area contributed by atoms with E-state index in [4.69, 9.17) is 0 Å². The van der Waals surface area contributed by atoms with Gasteiger partial charge < -0.3 is 9.88 Å². The molecule has 0 atom stereocenters. The Kier molecular flexibility index (Phi) is 6.41. The number of carbonyl (C=O) groups excluding carboxylic acids is 1. The number of amides is 1. The molecule has 0 bridgehead atoms. The van der Waals surface area contributed by atoms with Crippen LogP contribution >= 0.6 is 0 Å². The molecule has 0 unspecified atom stereocenters. The lowest BCUT2D eigenvalue weighted by Crippen LogP contribution is -2.15.